The van der Waals surface area contributed by atoms with Gasteiger partial charge in [-0.3, -0.25) is 4.79 Å². The van der Waals surface area contributed by atoms with Gasteiger partial charge in [0, 0.05) is 6.54 Å². The maximum absolute atomic E-state index is 13.0. The van der Waals surface area contributed by atoms with Gasteiger partial charge in [-0.15, -0.1) is 0 Å². The minimum Gasteiger partial charge on any atom is -0.442 e. The van der Waals surface area contributed by atoms with Gasteiger partial charge in [0.05, 0.1) is 18.6 Å². The Morgan fingerprint density at radius 3 is 2.18 bits per heavy atom. The summed E-state index contributed by atoms with van der Waals surface area (Å²) in [6, 6.07) is -0.349. The number of amides is 2. The average molecular weight is 407 g/mol. The van der Waals surface area contributed by atoms with Crippen LogP contribution in [0.15, 0.2) is 4.99 Å². The van der Waals surface area contributed by atoms with E-state index in [4.69, 9.17) is 4.74 Å². The highest BCUT2D eigenvalue weighted by Gasteiger charge is 2.40. The zero-order valence-corrected chi connectivity index (χ0v) is 18.2. The van der Waals surface area contributed by atoms with Crippen molar-refractivity contribution in [2.24, 2.45) is 16.8 Å². The molecule has 2 amide bonds. The van der Waals surface area contributed by atoms with Crippen molar-refractivity contribution in [3.8, 4) is 0 Å². The second kappa shape index (κ2) is 10.8. The molecule has 0 radical (unpaired) electrons. The van der Waals surface area contributed by atoms with Crippen LogP contribution in [0.3, 0.4) is 0 Å². The quantitative estimate of drug-likeness (QED) is 0.706. The van der Waals surface area contributed by atoms with Gasteiger partial charge in [0.1, 0.15) is 5.60 Å². The molecule has 8 heteroatoms. The Labute approximate surface area is 167 Å². The summed E-state index contributed by atoms with van der Waals surface area (Å²) in [5.41, 5.74) is -0.460. The summed E-state index contributed by atoms with van der Waals surface area (Å²) in [5.74, 6) is -3.08. The predicted molar refractivity (Wildman–Crippen MR) is 106 cm³/mol. The maximum atomic E-state index is 13.0. The van der Waals surface area contributed by atoms with Gasteiger partial charge >= 0.3 is 6.09 Å². The number of nitrogens with zero attached hydrogens (tertiary/aromatic N) is 2. The Kier molecular flexibility index (Phi) is 10.2. The molecule has 0 aromatic rings. The van der Waals surface area contributed by atoms with E-state index in [1.807, 2.05) is 13.8 Å². The van der Waals surface area contributed by atoms with Crippen LogP contribution in [0.4, 0.5) is 13.6 Å². The van der Waals surface area contributed by atoms with Crippen LogP contribution in [0.5, 0.6) is 0 Å². The van der Waals surface area contributed by atoms with E-state index in [0.717, 1.165) is 19.8 Å². The van der Waals surface area contributed by atoms with Gasteiger partial charge in [-0.1, -0.05) is 20.3 Å². The third kappa shape index (κ3) is 10.1. The number of halogens is 2. The van der Waals surface area contributed by atoms with E-state index in [9.17, 15) is 23.5 Å². The van der Waals surface area contributed by atoms with Gasteiger partial charge in [-0.2, -0.15) is 4.99 Å². The number of hydrogen-bond donors (Lipinski definition) is 1. The van der Waals surface area contributed by atoms with Gasteiger partial charge < -0.3 is 14.7 Å². The lowest BCUT2D eigenvalue weighted by Crippen LogP contribution is -2.55. The van der Waals surface area contributed by atoms with Crippen molar-refractivity contribution < 1.29 is 28.2 Å². The predicted octanol–water partition coefficient (Wildman–Crippen LogP) is 4.30. The molecule has 1 rings (SSSR count). The number of alkyl halides is 2. The minimum absolute atomic E-state index is 0.133. The first-order chi connectivity index (χ1) is 12.6. The van der Waals surface area contributed by atoms with E-state index in [-0.39, 0.29) is 12.0 Å². The SMILES string of the molecule is C=NC(=O)OC(C)(C)C.CCC1CC(C)C(C(C)O)N(C(=O)CC(C)(F)F)C1. The molecule has 0 spiro atoms. The lowest BCUT2D eigenvalue weighted by Gasteiger charge is -2.45. The first-order valence-corrected chi connectivity index (χ1v) is 9.66. The summed E-state index contributed by atoms with van der Waals surface area (Å²) < 4.78 is 30.8. The highest BCUT2D eigenvalue weighted by atomic mass is 19.3. The third-order valence-electron chi connectivity index (χ3n) is 4.48. The molecular formula is C20H36F2N2O4. The van der Waals surface area contributed by atoms with Crippen LogP contribution in [-0.4, -0.2) is 58.9 Å². The normalized spacial score (nSPS) is 23.9. The number of likely N-dealkylation sites (tertiary alicyclic amines) is 1. The number of piperidine rings is 1. The molecule has 4 atom stereocenters. The molecule has 1 aliphatic rings. The van der Waals surface area contributed by atoms with Crippen LogP contribution in [0.25, 0.3) is 0 Å². The molecule has 1 saturated heterocycles. The smallest absolute Gasteiger partial charge is 0.433 e. The Bertz CT molecular complexity index is 527. The Balaban J connectivity index is 0.000000684. The molecule has 0 aromatic carbocycles. The summed E-state index contributed by atoms with van der Waals surface area (Å²) in [7, 11) is 0. The van der Waals surface area contributed by atoms with Gasteiger partial charge in [0.15, 0.2) is 0 Å². The number of aliphatic imine (C=N–C) groups is 1. The molecule has 0 aliphatic carbocycles. The summed E-state index contributed by atoms with van der Waals surface area (Å²) in [4.78, 5) is 27.0. The lowest BCUT2D eigenvalue weighted by atomic mass is 9.81. The van der Waals surface area contributed by atoms with Crippen molar-refractivity contribution in [2.75, 3.05) is 6.54 Å². The second-order valence-electron chi connectivity index (χ2n) is 8.65. The van der Waals surface area contributed by atoms with E-state index < -0.39 is 36.0 Å². The van der Waals surface area contributed by atoms with Crippen molar-refractivity contribution >= 4 is 18.7 Å². The van der Waals surface area contributed by atoms with Crippen molar-refractivity contribution in [1.82, 2.24) is 4.90 Å². The molecular weight excluding hydrogens is 370 g/mol. The summed E-state index contributed by atoms with van der Waals surface area (Å²) in [6.07, 6.45) is -0.245. The topological polar surface area (TPSA) is 79.2 Å². The summed E-state index contributed by atoms with van der Waals surface area (Å²) >= 11 is 0. The van der Waals surface area contributed by atoms with Crippen molar-refractivity contribution in [1.29, 1.82) is 0 Å². The lowest BCUT2D eigenvalue weighted by molar-refractivity contribution is -0.148. The summed E-state index contributed by atoms with van der Waals surface area (Å²) in [6.45, 7) is 15.2. The van der Waals surface area contributed by atoms with Gasteiger partial charge in [0.2, 0.25) is 5.91 Å². The van der Waals surface area contributed by atoms with Crippen molar-refractivity contribution in [2.45, 2.75) is 91.4 Å². The van der Waals surface area contributed by atoms with Crippen LogP contribution >= 0.6 is 0 Å². The number of aliphatic hydroxyl groups is 1. The fraction of sp³-hybridized carbons (Fsp3) is 0.850. The second-order valence-corrected chi connectivity index (χ2v) is 8.65. The van der Waals surface area contributed by atoms with E-state index in [2.05, 4.69) is 11.7 Å². The maximum Gasteiger partial charge on any atom is 0.433 e. The first kappa shape index (κ1) is 26.4. The van der Waals surface area contributed by atoms with Crippen LogP contribution in [-0.2, 0) is 9.53 Å². The molecule has 0 bridgehead atoms. The molecule has 164 valence electrons. The average Bonchev–Trinajstić information content (AvgIpc) is 2.50. The molecule has 1 fully saturated rings. The molecule has 0 aromatic heterocycles. The summed E-state index contributed by atoms with van der Waals surface area (Å²) in [5, 5.41) is 9.84. The number of rotatable bonds is 4. The van der Waals surface area contributed by atoms with E-state index in [0.29, 0.717) is 12.5 Å². The Hall–Kier alpha value is -1.57. The van der Waals surface area contributed by atoms with Gasteiger partial charge in [-0.25, -0.2) is 13.6 Å². The van der Waals surface area contributed by atoms with Crippen molar-refractivity contribution in [3.05, 3.63) is 0 Å². The fourth-order valence-electron chi connectivity index (χ4n) is 3.41. The Morgan fingerprint density at radius 2 is 1.86 bits per heavy atom. The molecule has 4 unspecified atom stereocenters. The highest BCUT2D eigenvalue weighted by Crippen LogP contribution is 2.32. The highest BCUT2D eigenvalue weighted by molar-refractivity contribution is 5.77. The molecule has 28 heavy (non-hydrogen) atoms. The number of ether oxygens (including phenoxy) is 1. The molecule has 1 aliphatic heterocycles. The number of hydrogen-bond acceptors (Lipinski definition) is 4. The van der Waals surface area contributed by atoms with E-state index in [1.165, 1.54) is 4.90 Å². The first-order valence-electron chi connectivity index (χ1n) is 9.66. The standard InChI is InChI=1S/C14H25F2NO2.C6H11NO2/c1-5-11-6-9(2)13(10(3)18)17(8-11)12(19)7-14(4,15)16;1-6(2,3)9-5(8)7-4/h9-11,13,18H,5-8H2,1-4H3;4H2,1-3H3. The van der Waals surface area contributed by atoms with Crippen LogP contribution < -0.4 is 0 Å². The number of aliphatic hydroxyl groups excluding tert-OH is 1. The van der Waals surface area contributed by atoms with Crippen LogP contribution in [0.1, 0.15) is 67.7 Å². The van der Waals surface area contributed by atoms with E-state index >= 15 is 0 Å². The number of carbonyl (C=O) groups is 2. The van der Waals surface area contributed by atoms with E-state index in [1.54, 1.807) is 27.7 Å². The fourth-order valence-corrected chi connectivity index (χ4v) is 3.41. The minimum atomic E-state index is -3.00. The van der Waals surface area contributed by atoms with Crippen LogP contribution in [0.2, 0.25) is 0 Å². The van der Waals surface area contributed by atoms with Gasteiger partial charge in [0.25, 0.3) is 5.92 Å². The molecule has 1 N–H and O–H groups in total. The zero-order valence-electron chi connectivity index (χ0n) is 18.2. The van der Waals surface area contributed by atoms with Crippen LogP contribution in [0, 0.1) is 11.8 Å². The third-order valence-corrected chi connectivity index (χ3v) is 4.48. The van der Waals surface area contributed by atoms with Crippen molar-refractivity contribution in [3.63, 3.8) is 0 Å². The molecule has 6 nitrogen and oxygen atoms in total. The Morgan fingerprint density at radius 1 is 1.32 bits per heavy atom. The molecule has 0 saturated carbocycles. The zero-order chi connectivity index (χ0) is 22.3. The largest absolute Gasteiger partial charge is 0.442 e. The monoisotopic (exact) mass is 406 g/mol. The molecule has 1 heterocycles. The number of carbonyl (C=O) groups excluding carboxylic acids is 2. The van der Waals surface area contributed by atoms with Gasteiger partial charge in [-0.05, 0) is 59.6 Å².